The Morgan fingerprint density at radius 3 is 2.68 bits per heavy atom. The van der Waals surface area contributed by atoms with Crippen LogP contribution >= 0.6 is 0 Å². The molecule has 0 aliphatic heterocycles. The van der Waals surface area contributed by atoms with Crippen LogP contribution in [0.15, 0.2) is 24.3 Å². The zero-order valence-electron chi connectivity index (χ0n) is 11.6. The third-order valence-corrected chi connectivity index (χ3v) is 4.19. The summed E-state index contributed by atoms with van der Waals surface area (Å²) in [6.07, 6.45) is 6.90. The van der Waals surface area contributed by atoms with Crippen LogP contribution in [-0.4, -0.2) is 23.5 Å². The predicted octanol–water partition coefficient (Wildman–Crippen LogP) is 2.82. The molecule has 0 saturated heterocycles. The molecule has 1 aliphatic carbocycles. The molecule has 1 aromatic carbocycles. The Kier molecular flexibility index (Phi) is 4.59. The average Bonchev–Trinajstić information content (AvgIpc) is 2.39. The summed E-state index contributed by atoms with van der Waals surface area (Å²) in [5.41, 5.74) is 0.902. The maximum Gasteiger partial charge on any atom is 0.139 e. The zero-order valence-corrected chi connectivity index (χ0v) is 11.6. The third kappa shape index (κ3) is 3.80. The molecule has 1 aromatic rings. The Morgan fingerprint density at radius 2 is 2.05 bits per heavy atom. The molecule has 104 valence electrons. The summed E-state index contributed by atoms with van der Waals surface area (Å²) >= 11 is 0. The van der Waals surface area contributed by atoms with E-state index in [9.17, 15) is 9.90 Å². The number of phenols is 1. The van der Waals surface area contributed by atoms with Crippen molar-refractivity contribution < 1.29 is 9.90 Å². The van der Waals surface area contributed by atoms with E-state index in [4.69, 9.17) is 0 Å². The van der Waals surface area contributed by atoms with E-state index in [-0.39, 0.29) is 17.1 Å². The monoisotopic (exact) mass is 261 g/mol. The molecule has 0 spiro atoms. The number of rotatable bonds is 5. The van der Waals surface area contributed by atoms with E-state index in [2.05, 4.69) is 5.32 Å². The lowest BCUT2D eigenvalue weighted by Gasteiger charge is -2.36. The van der Waals surface area contributed by atoms with Gasteiger partial charge in [0.25, 0.3) is 0 Å². The minimum absolute atomic E-state index is 0.00611. The van der Waals surface area contributed by atoms with Crippen LogP contribution in [0.2, 0.25) is 0 Å². The van der Waals surface area contributed by atoms with Crippen molar-refractivity contribution >= 4 is 5.78 Å². The fraction of sp³-hybridized carbons (Fsp3) is 0.562. The fourth-order valence-corrected chi connectivity index (χ4v) is 3.08. The van der Waals surface area contributed by atoms with Crippen LogP contribution in [0.3, 0.4) is 0 Å². The number of phenolic OH excluding ortho intramolecular Hbond substituents is 1. The first kappa shape index (κ1) is 14.1. The van der Waals surface area contributed by atoms with Gasteiger partial charge in [0, 0.05) is 18.4 Å². The van der Waals surface area contributed by atoms with Gasteiger partial charge < -0.3 is 10.4 Å². The molecule has 19 heavy (non-hydrogen) atoms. The van der Waals surface area contributed by atoms with E-state index in [0.717, 1.165) is 18.4 Å². The Morgan fingerprint density at radius 1 is 1.32 bits per heavy atom. The molecule has 0 radical (unpaired) electrons. The number of carbonyl (C=O) groups excluding carboxylic acids is 1. The van der Waals surface area contributed by atoms with Crippen molar-refractivity contribution in [1.29, 1.82) is 0 Å². The number of aromatic hydroxyl groups is 1. The normalized spacial score (nSPS) is 18.2. The van der Waals surface area contributed by atoms with Crippen molar-refractivity contribution in [3.05, 3.63) is 29.8 Å². The lowest BCUT2D eigenvalue weighted by molar-refractivity contribution is -0.120. The van der Waals surface area contributed by atoms with E-state index in [1.165, 1.54) is 19.3 Å². The molecule has 2 rings (SSSR count). The smallest absolute Gasteiger partial charge is 0.139 e. The molecule has 0 unspecified atom stereocenters. The maximum atomic E-state index is 12.2. The average molecular weight is 261 g/mol. The molecule has 1 aliphatic rings. The molecule has 1 saturated carbocycles. The van der Waals surface area contributed by atoms with Crippen molar-refractivity contribution in [2.75, 3.05) is 7.05 Å². The highest BCUT2D eigenvalue weighted by molar-refractivity contribution is 5.82. The highest BCUT2D eigenvalue weighted by Gasteiger charge is 2.32. The molecule has 0 amide bonds. The predicted molar refractivity (Wildman–Crippen MR) is 76.3 cm³/mol. The molecule has 3 nitrogen and oxygen atoms in total. The quantitative estimate of drug-likeness (QED) is 0.857. The van der Waals surface area contributed by atoms with Crippen LogP contribution in [0.4, 0.5) is 0 Å². The van der Waals surface area contributed by atoms with E-state index >= 15 is 0 Å². The summed E-state index contributed by atoms with van der Waals surface area (Å²) in [5, 5.41) is 12.8. The van der Waals surface area contributed by atoms with Crippen LogP contribution < -0.4 is 5.32 Å². The first-order chi connectivity index (χ1) is 9.13. The second-order valence-electron chi connectivity index (χ2n) is 5.65. The van der Waals surface area contributed by atoms with Crippen LogP contribution in [0.1, 0.15) is 44.1 Å². The molecule has 2 N–H and O–H groups in total. The largest absolute Gasteiger partial charge is 0.508 e. The Labute approximate surface area is 115 Å². The molecule has 0 aromatic heterocycles. The number of hydrogen-bond donors (Lipinski definition) is 2. The van der Waals surface area contributed by atoms with Gasteiger partial charge in [-0.25, -0.2) is 0 Å². The number of Topliss-reactive ketones (excluding diaryl/α,β-unsaturated/α-hetero) is 1. The first-order valence-electron chi connectivity index (χ1n) is 7.12. The first-order valence-corrected chi connectivity index (χ1v) is 7.12. The summed E-state index contributed by atoms with van der Waals surface area (Å²) in [7, 11) is 1.97. The van der Waals surface area contributed by atoms with Gasteiger partial charge in [0.2, 0.25) is 0 Å². The van der Waals surface area contributed by atoms with Gasteiger partial charge in [0.1, 0.15) is 11.5 Å². The van der Waals surface area contributed by atoms with Crippen molar-refractivity contribution in [3.63, 3.8) is 0 Å². The number of ketones is 1. The molecule has 0 bridgehead atoms. The Hall–Kier alpha value is -1.35. The van der Waals surface area contributed by atoms with Gasteiger partial charge >= 0.3 is 0 Å². The molecular weight excluding hydrogens is 238 g/mol. The van der Waals surface area contributed by atoms with Gasteiger partial charge in [0.05, 0.1) is 0 Å². The zero-order chi connectivity index (χ0) is 13.7. The maximum absolute atomic E-state index is 12.2. The molecule has 0 atom stereocenters. The van der Waals surface area contributed by atoms with Crippen LogP contribution in [0, 0.1) is 0 Å². The Bertz CT molecular complexity index is 436. The van der Waals surface area contributed by atoms with Gasteiger partial charge in [0.15, 0.2) is 0 Å². The second-order valence-corrected chi connectivity index (χ2v) is 5.65. The summed E-state index contributed by atoms with van der Waals surface area (Å²) in [6, 6.07) is 6.98. The van der Waals surface area contributed by atoms with Crippen LogP contribution in [-0.2, 0) is 11.2 Å². The number of hydrogen-bond acceptors (Lipinski definition) is 3. The number of carbonyl (C=O) groups is 1. The topological polar surface area (TPSA) is 49.3 Å². The minimum Gasteiger partial charge on any atom is -0.508 e. The van der Waals surface area contributed by atoms with Crippen LogP contribution in [0.5, 0.6) is 5.75 Å². The molecule has 0 heterocycles. The molecular formula is C16H23NO2. The lowest BCUT2D eigenvalue weighted by Crippen LogP contribution is -2.46. The summed E-state index contributed by atoms with van der Waals surface area (Å²) < 4.78 is 0. The van der Waals surface area contributed by atoms with E-state index < -0.39 is 0 Å². The van der Waals surface area contributed by atoms with Gasteiger partial charge in [-0.3, -0.25) is 4.79 Å². The van der Waals surface area contributed by atoms with E-state index in [1.54, 1.807) is 18.2 Å². The van der Waals surface area contributed by atoms with Crippen molar-refractivity contribution in [2.24, 2.45) is 0 Å². The van der Waals surface area contributed by atoms with Crippen molar-refractivity contribution in [3.8, 4) is 5.75 Å². The van der Waals surface area contributed by atoms with Gasteiger partial charge in [-0.05, 0) is 37.6 Å². The number of benzene rings is 1. The van der Waals surface area contributed by atoms with Crippen molar-refractivity contribution in [1.82, 2.24) is 5.32 Å². The second kappa shape index (κ2) is 6.20. The van der Waals surface area contributed by atoms with E-state index in [0.29, 0.717) is 12.8 Å². The number of nitrogens with one attached hydrogen (secondary N) is 1. The molecule has 3 heteroatoms. The summed E-state index contributed by atoms with van der Waals surface area (Å²) in [5.74, 6) is 0.480. The minimum atomic E-state index is 0.00611. The van der Waals surface area contributed by atoms with Gasteiger partial charge in [-0.2, -0.15) is 0 Å². The lowest BCUT2D eigenvalue weighted by atomic mass is 9.78. The highest BCUT2D eigenvalue weighted by Crippen LogP contribution is 2.31. The third-order valence-electron chi connectivity index (χ3n) is 4.19. The van der Waals surface area contributed by atoms with Gasteiger partial charge in [-0.15, -0.1) is 0 Å². The van der Waals surface area contributed by atoms with Crippen molar-refractivity contribution in [2.45, 2.75) is 50.5 Å². The van der Waals surface area contributed by atoms with E-state index in [1.807, 2.05) is 13.1 Å². The summed E-state index contributed by atoms with van der Waals surface area (Å²) in [6.45, 7) is 0. The Balaban J connectivity index is 1.96. The highest BCUT2D eigenvalue weighted by atomic mass is 16.3. The molecule has 1 fully saturated rings. The summed E-state index contributed by atoms with van der Waals surface area (Å²) in [4.78, 5) is 12.2. The standard InChI is InChI=1S/C16H23NO2/c1-17-16(8-3-2-4-9-16)12-15(19)11-13-6-5-7-14(18)10-13/h5-7,10,17-18H,2-4,8-9,11-12H2,1H3. The van der Waals surface area contributed by atoms with Crippen LogP contribution in [0.25, 0.3) is 0 Å². The SMILES string of the molecule is CNC1(CC(=O)Cc2cccc(O)c2)CCCCC1. The van der Waals surface area contributed by atoms with Gasteiger partial charge in [-0.1, -0.05) is 31.4 Å². The fourth-order valence-electron chi connectivity index (χ4n) is 3.08.